The van der Waals surface area contributed by atoms with Gasteiger partial charge in [0.15, 0.2) is 11.6 Å². The topological polar surface area (TPSA) is 79.4 Å². The van der Waals surface area contributed by atoms with Crippen LogP contribution in [-0.2, 0) is 4.74 Å². The minimum atomic E-state index is -1.14. The Labute approximate surface area is 172 Å². The van der Waals surface area contributed by atoms with Crippen LogP contribution in [0.25, 0.3) is 0 Å². The predicted octanol–water partition coefficient (Wildman–Crippen LogP) is 4.57. The molecule has 1 aromatic heterocycles. The fraction of sp³-hybridized carbons (Fsp3) is 0.190. The first-order chi connectivity index (χ1) is 14.5. The molecule has 9 heteroatoms. The van der Waals surface area contributed by atoms with E-state index in [1.54, 1.807) is 43.5 Å². The molecule has 3 aromatic rings. The number of amides is 2. The summed E-state index contributed by atoms with van der Waals surface area (Å²) in [5.41, 5.74) is 0.212. The van der Waals surface area contributed by atoms with Crippen molar-refractivity contribution in [3.63, 3.8) is 0 Å². The zero-order valence-electron chi connectivity index (χ0n) is 16.5. The highest BCUT2D eigenvalue weighted by Crippen LogP contribution is 2.26. The van der Waals surface area contributed by atoms with Gasteiger partial charge in [0.05, 0.1) is 18.0 Å². The molecule has 2 aromatic carbocycles. The van der Waals surface area contributed by atoms with Crippen molar-refractivity contribution in [2.75, 3.05) is 29.3 Å². The van der Waals surface area contributed by atoms with Crippen molar-refractivity contribution in [2.45, 2.75) is 13.0 Å². The smallest absolute Gasteiger partial charge is 0.332 e. The fourth-order valence-electron chi connectivity index (χ4n) is 2.76. The number of nitrogens with one attached hydrogen (secondary N) is 2. The lowest BCUT2D eigenvalue weighted by Crippen LogP contribution is -2.32. The van der Waals surface area contributed by atoms with Crippen LogP contribution in [0.4, 0.5) is 36.7 Å². The second-order valence-corrected chi connectivity index (χ2v) is 6.44. The molecule has 7 nitrogen and oxygen atoms in total. The van der Waals surface area contributed by atoms with Gasteiger partial charge in [-0.1, -0.05) is 24.3 Å². The monoisotopic (exact) mass is 413 g/mol. The van der Waals surface area contributed by atoms with Gasteiger partial charge >= 0.3 is 6.03 Å². The van der Waals surface area contributed by atoms with Crippen molar-refractivity contribution in [1.82, 2.24) is 9.97 Å². The first-order valence-corrected chi connectivity index (χ1v) is 9.18. The van der Waals surface area contributed by atoms with Crippen LogP contribution in [0.15, 0.2) is 60.8 Å². The summed E-state index contributed by atoms with van der Waals surface area (Å²) in [6.45, 7) is 2.34. The summed E-state index contributed by atoms with van der Waals surface area (Å²) in [5.74, 6) is -1.66. The molecule has 0 spiro atoms. The Morgan fingerprint density at radius 3 is 2.63 bits per heavy atom. The number of carbonyl (C=O) groups is 1. The molecule has 0 aliphatic heterocycles. The number of aromatic nitrogens is 2. The first-order valence-electron chi connectivity index (χ1n) is 9.18. The van der Waals surface area contributed by atoms with Crippen LogP contribution in [-0.4, -0.2) is 35.8 Å². The summed E-state index contributed by atoms with van der Waals surface area (Å²) in [5, 5.41) is 5.48. The molecular formula is C21H21F2N5O2. The normalized spacial score (nSPS) is 11.6. The first kappa shape index (κ1) is 21.1. The molecule has 0 radical (unpaired) electrons. The van der Waals surface area contributed by atoms with E-state index < -0.39 is 17.7 Å². The Kier molecular flexibility index (Phi) is 6.87. The zero-order chi connectivity index (χ0) is 21.5. The third-order valence-electron chi connectivity index (χ3n) is 4.07. The molecule has 30 heavy (non-hydrogen) atoms. The number of carbonyl (C=O) groups excluding carboxylic acids is 1. The average Bonchev–Trinajstić information content (AvgIpc) is 2.73. The van der Waals surface area contributed by atoms with Gasteiger partial charge in [-0.05, 0) is 31.2 Å². The zero-order valence-corrected chi connectivity index (χ0v) is 16.5. The molecule has 3 rings (SSSR count). The highest BCUT2D eigenvalue weighted by molar-refractivity contribution is 6.06. The Hall–Kier alpha value is -3.59. The number of methoxy groups -OCH3 is 1. The Morgan fingerprint density at radius 2 is 1.90 bits per heavy atom. The number of urea groups is 1. The number of para-hydroxylation sites is 1. The highest BCUT2D eigenvalue weighted by Gasteiger charge is 2.22. The molecule has 0 saturated carbocycles. The van der Waals surface area contributed by atoms with Crippen LogP contribution in [0.3, 0.4) is 0 Å². The Morgan fingerprint density at radius 1 is 1.13 bits per heavy atom. The van der Waals surface area contributed by atoms with Crippen LogP contribution >= 0.6 is 0 Å². The molecule has 0 aliphatic carbocycles. The minimum absolute atomic E-state index is 0.0642. The van der Waals surface area contributed by atoms with Crippen molar-refractivity contribution in [2.24, 2.45) is 0 Å². The maximum atomic E-state index is 14.1. The van der Waals surface area contributed by atoms with Gasteiger partial charge in [-0.2, -0.15) is 4.98 Å². The third kappa shape index (κ3) is 5.06. The number of ether oxygens (including phenoxy) is 1. The number of hydrogen-bond acceptors (Lipinski definition) is 5. The standard InChI is InChI=1S/C21H21F2N5O2/c1-14(13-30-2)25-20-24-12-11-18(27-20)28(15-7-4-3-5-8-15)21(29)26-17-10-6-9-16(22)19(17)23/h3-12,14H,13H2,1-2H3,(H,26,29)(H,24,25,27)/t14-/m0/s1. The van der Waals surface area contributed by atoms with Gasteiger partial charge in [-0.3, -0.25) is 0 Å². The number of hydrogen-bond donors (Lipinski definition) is 2. The number of halogens is 2. The van der Waals surface area contributed by atoms with E-state index in [0.29, 0.717) is 18.2 Å². The second kappa shape index (κ2) is 9.75. The number of rotatable bonds is 7. The summed E-state index contributed by atoms with van der Waals surface area (Å²) >= 11 is 0. The van der Waals surface area contributed by atoms with Crippen LogP contribution in [0.1, 0.15) is 6.92 Å². The van der Waals surface area contributed by atoms with E-state index in [0.717, 1.165) is 6.07 Å². The van der Waals surface area contributed by atoms with Crippen molar-refractivity contribution in [1.29, 1.82) is 0 Å². The summed E-state index contributed by atoms with van der Waals surface area (Å²) in [6.07, 6.45) is 1.50. The largest absolute Gasteiger partial charge is 0.383 e. The third-order valence-corrected chi connectivity index (χ3v) is 4.07. The molecule has 0 fully saturated rings. The van der Waals surface area contributed by atoms with Crippen LogP contribution < -0.4 is 15.5 Å². The van der Waals surface area contributed by atoms with Gasteiger partial charge in [0.2, 0.25) is 5.95 Å². The van der Waals surface area contributed by atoms with E-state index in [2.05, 4.69) is 20.6 Å². The predicted molar refractivity (Wildman–Crippen MR) is 111 cm³/mol. The number of anilines is 4. The van der Waals surface area contributed by atoms with Gasteiger partial charge in [0.25, 0.3) is 0 Å². The van der Waals surface area contributed by atoms with Crippen molar-refractivity contribution < 1.29 is 18.3 Å². The molecule has 0 aliphatic rings. The lowest BCUT2D eigenvalue weighted by Gasteiger charge is -2.23. The molecule has 2 amide bonds. The van der Waals surface area contributed by atoms with E-state index in [-0.39, 0.29) is 17.5 Å². The fourth-order valence-corrected chi connectivity index (χ4v) is 2.76. The summed E-state index contributed by atoms with van der Waals surface area (Å²) in [4.78, 5) is 22.8. The van der Waals surface area contributed by atoms with E-state index in [1.807, 2.05) is 6.92 Å². The molecular weight excluding hydrogens is 392 g/mol. The van der Waals surface area contributed by atoms with Gasteiger partial charge in [-0.25, -0.2) is 23.5 Å². The van der Waals surface area contributed by atoms with Crippen molar-refractivity contribution in [3.8, 4) is 0 Å². The number of nitrogens with zero attached hydrogens (tertiary/aromatic N) is 3. The summed E-state index contributed by atoms with van der Waals surface area (Å²) in [7, 11) is 1.59. The van der Waals surface area contributed by atoms with E-state index in [4.69, 9.17) is 4.74 Å². The molecule has 0 saturated heterocycles. The van der Waals surface area contributed by atoms with Crippen LogP contribution in [0.2, 0.25) is 0 Å². The second-order valence-electron chi connectivity index (χ2n) is 6.44. The van der Waals surface area contributed by atoms with E-state index in [9.17, 15) is 13.6 Å². The lowest BCUT2D eigenvalue weighted by molar-refractivity contribution is 0.190. The molecule has 1 atom stereocenters. The van der Waals surface area contributed by atoms with Crippen molar-refractivity contribution in [3.05, 3.63) is 72.4 Å². The van der Waals surface area contributed by atoms with Gasteiger partial charge in [0, 0.05) is 25.4 Å². The van der Waals surface area contributed by atoms with Gasteiger partial charge < -0.3 is 15.4 Å². The Bertz CT molecular complexity index is 1000. The van der Waals surface area contributed by atoms with Gasteiger partial charge in [0.1, 0.15) is 5.82 Å². The van der Waals surface area contributed by atoms with Crippen LogP contribution in [0, 0.1) is 11.6 Å². The molecule has 1 heterocycles. The lowest BCUT2D eigenvalue weighted by atomic mass is 10.2. The minimum Gasteiger partial charge on any atom is -0.383 e. The van der Waals surface area contributed by atoms with Crippen LogP contribution in [0.5, 0.6) is 0 Å². The molecule has 0 bridgehead atoms. The molecule has 2 N–H and O–H groups in total. The molecule has 156 valence electrons. The summed E-state index contributed by atoms with van der Waals surface area (Å²) in [6, 6.07) is 13.0. The van der Waals surface area contributed by atoms with E-state index >= 15 is 0 Å². The number of benzene rings is 2. The summed E-state index contributed by atoms with van der Waals surface area (Å²) < 4.78 is 32.7. The molecule has 0 unspecified atom stereocenters. The quantitative estimate of drug-likeness (QED) is 0.593. The highest BCUT2D eigenvalue weighted by atomic mass is 19.2. The van der Waals surface area contributed by atoms with E-state index in [1.165, 1.54) is 23.2 Å². The average molecular weight is 413 g/mol. The SMILES string of the molecule is COC[C@H](C)Nc1nccc(N(C(=O)Nc2cccc(F)c2F)c2ccccc2)n1. The maximum Gasteiger partial charge on any atom is 0.332 e. The van der Waals surface area contributed by atoms with Gasteiger partial charge in [-0.15, -0.1) is 0 Å². The maximum absolute atomic E-state index is 14.1. The Balaban J connectivity index is 1.94. The van der Waals surface area contributed by atoms with Crippen molar-refractivity contribution >= 4 is 29.2 Å².